The van der Waals surface area contributed by atoms with Gasteiger partial charge in [0.15, 0.2) is 0 Å². The van der Waals surface area contributed by atoms with Gasteiger partial charge in [-0.1, -0.05) is 12.1 Å². The molecule has 0 aliphatic heterocycles. The fraction of sp³-hybridized carbons (Fsp3) is 0.333. The summed E-state index contributed by atoms with van der Waals surface area (Å²) in [6.45, 7) is 1.38. The van der Waals surface area contributed by atoms with Gasteiger partial charge < -0.3 is 9.47 Å². The maximum atomic E-state index is 12.4. The number of halogens is 4. The topological polar surface area (TPSA) is 18.5 Å². The molecule has 0 aliphatic rings. The van der Waals surface area contributed by atoms with E-state index < -0.39 is 11.9 Å². The van der Waals surface area contributed by atoms with Gasteiger partial charge in [0.1, 0.15) is 12.0 Å². The number of hydrogen-bond donors (Lipinski definition) is 0. The lowest BCUT2D eigenvalue weighted by Gasteiger charge is -2.11. The fourth-order valence-electron chi connectivity index (χ4n) is 1.12. The highest BCUT2D eigenvalue weighted by molar-refractivity contribution is 6.17. The summed E-state index contributed by atoms with van der Waals surface area (Å²) >= 11 is 5.59. The minimum atomic E-state index is -4.56. The molecule has 0 saturated carbocycles. The van der Waals surface area contributed by atoms with Gasteiger partial charge in [-0.05, 0) is 24.6 Å². The first kappa shape index (κ1) is 14.7. The largest absolute Gasteiger partial charge is 0.487 e. The van der Waals surface area contributed by atoms with Crippen molar-refractivity contribution in [3.05, 3.63) is 41.9 Å². The Hall–Kier alpha value is -1.36. The molecule has 100 valence electrons. The normalized spacial score (nSPS) is 12.4. The van der Waals surface area contributed by atoms with E-state index in [2.05, 4.69) is 4.74 Å². The maximum absolute atomic E-state index is 12.4. The Labute approximate surface area is 108 Å². The van der Waals surface area contributed by atoms with E-state index in [0.717, 1.165) is 5.56 Å². The van der Waals surface area contributed by atoms with E-state index in [9.17, 15) is 13.2 Å². The molecule has 2 nitrogen and oxygen atoms in total. The fourth-order valence-corrected chi connectivity index (χ4v) is 1.30. The van der Waals surface area contributed by atoms with Gasteiger partial charge in [-0.3, -0.25) is 0 Å². The summed E-state index contributed by atoms with van der Waals surface area (Å²) in [6, 6.07) is 6.41. The Kier molecular flexibility index (Phi) is 5.34. The average Bonchev–Trinajstić information content (AvgIpc) is 2.33. The van der Waals surface area contributed by atoms with Crippen molar-refractivity contribution in [3.63, 3.8) is 0 Å². The highest BCUT2D eigenvalue weighted by atomic mass is 35.5. The number of ether oxygens (including phenoxy) is 2. The SMILES string of the molecule is CCO/C(=C\Oc1ccc(CCl)cc1)C(F)(F)F. The lowest BCUT2D eigenvalue weighted by Crippen LogP contribution is -2.15. The summed E-state index contributed by atoms with van der Waals surface area (Å²) in [5.41, 5.74) is 0.855. The van der Waals surface area contributed by atoms with Crippen molar-refractivity contribution in [1.29, 1.82) is 0 Å². The highest BCUT2D eigenvalue weighted by Gasteiger charge is 2.36. The first-order valence-electron chi connectivity index (χ1n) is 5.19. The van der Waals surface area contributed by atoms with E-state index in [-0.39, 0.29) is 12.4 Å². The molecule has 0 amide bonds. The van der Waals surface area contributed by atoms with E-state index in [1.807, 2.05) is 0 Å². The zero-order chi connectivity index (χ0) is 13.6. The van der Waals surface area contributed by atoms with Crippen molar-refractivity contribution in [2.24, 2.45) is 0 Å². The summed E-state index contributed by atoms with van der Waals surface area (Å²) in [4.78, 5) is 0. The van der Waals surface area contributed by atoms with Crippen LogP contribution in [0, 0.1) is 0 Å². The Bertz CT molecular complexity index is 399. The monoisotopic (exact) mass is 280 g/mol. The first-order valence-corrected chi connectivity index (χ1v) is 5.72. The van der Waals surface area contributed by atoms with Crippen LogP contribution in [0.2, 0.25) is 0 Å². The molecule has 1 aromatic carbocycles. The van der Waals surface area contributed by atoms with Crippen LogP contribution in [0.5, 0.6) is 5.75 Å². The Morgan fingerprint density at radius 2 is 1.89 bits per heavy atom. The van der Waals surface area contributed by atoms with Gasteiger partial charge in [-0.2, -0.15) is 13.2 Å². The third-order valence-electron chi connectivity index (χ3n) is 1.96. The van der Waals surface area contributed by atoms with Crippen molar-refractivity contribution in [2.75, 3.05) is 6.61 Å². The molecule has 0 unspecified atom stereocenters. The van der Waals surface area contributed by atoms with Gasteiger partial charge >= 0.3 is 6.18 Å². The molecule has 1 rings (SSSR count). The third-order valence-corrected chi connectivity index (χ3v) is 2.27. The van der Waals surface area contributed by atoms with Crippen LogP contribution in [0.1, 0.15) is 12.5 Å². The summed E-state index contributed by atoms with van der Waals surface area (Å²) in [5.74, 6) is -0.542. The number of hydrogen-bond acceptors (Lipinski definition) is 2. The van der Waals surface area contributed by atoms with E-state index in [1.54, 1.807) is 12.1 Å². The van der Waals surface area contributed by atoms with E-state index in [0.29, 0.717) is 12.1 Å². The molecule has 0 saturated heterocycles. The van der Waals surface area contributed by atoms with E-state index in [4.69, 9.17) is 16.3 Å². The second kappa shape index (κ2) is 6.54. The quantitative estimate of drug-likeness (QED) is 0.593. The number of allylic oxidation sites excluding steroid dienone is 1. The van der Waals surface area contributed by atoms with Gasteiger partial charge in [0.2, 0.25) is 5.76 Å². The minimum absolute atomic E-state index is 0.0834. The Balaban J connectivity index is 2.75. The van der Waals surface area contributed by atoms with Crippen LogP contribution in [-0.2, 0) is 10.6 Å². The van der Waals surface area contributed by atoms with Crippen LogP contribution < -0.4 is 4.74 Å². The highest BCUT2D eigenvalue weighted by Crippen LogP contribution is 2.27. The Morgan fingerprint density at radius 1 is 1.28 bits per heavy atom. The summed E-state index contributed by atoms with van der Waals surface area (Å²) in [7, 11) is 0. The van der Waals surface area contributed by atoms with Crippen LogP contribution in [0.25, 0.3) is 0 Å². The molecule has 0 heterocycles. The lowest BCUT2D eigenvalue weighted by atomic mass is 10.2. The number of alkyl halides is 4. The van der Waals surface area contributed by atoms with Crippen LogP contribution in [-0.4, -0.2) is 12.8 Å². The smallest absolute Gasteiger partial charge is 0.452 e. The molecule has 18 heavy (non-hydrogen) atoms. The van der Waals surface area contributed by atoms with Gasteiger partial charge in [0.05, 0.1) is 6.61 Å². The van der Waals surface area contributed by atoms with Crippen LogP contribution in [0.3, 0.4) is 0 Å². The van der Waals surface area contributed by atoms with E-state index in [1.165, 1.54) is 19.1 Å². The molecular formula is C12H12ClF3O2. The zero-order valence-electron chi connectivity index (χ0n) is 9.63. The molecule has 1 aromatic rings. The number of benzene rings is 1. The van der Waals surface area contributed by atoms with Crippen LogP contribution >= 0.6 is 11.6 Å². The molecule has 0 spiro atoms. The minimum Gasteiger partial charge on any atom is -0.487 e. The van der Waals surface area contributed by atoms with Crippen LogP contribution in [0.4, 0.5) is 13.2 Å². The zero-order valence-corrected chi connectivity index (χ0v) is 10.4. The molecule has 0 N–H and O–H groups in total. The average molecular weight is 281 g/mol. The Morgan fingerprint density at radius 3 is 2.33 bits per heavy atom. The van der Waals surface area contributed by atoms with E-state index >= 15 is 0 Å². The second-order valence-corrected chi connectivity index (χ2v) is 3.58. The van der Waals surface area contributed by atoms with Gasteiger partial charge in [-0.25, -0.2) is 0 Å². The van der Waals surface area contributed by atoms with Crippen molar-refractivity contribution in [3.8, 4) is 5.75 Å². The molecule has 6 heteroatoms. The summed E-state index contributed by atoms with van der Waals surface area (Å²) in [5, 5.41) is 0. The predicted octanol–water partition coefficient (Wildman–Crippen LogP) is 4.24. The third kappa shape index (κ3) is 4.49. The van der Waals surface area contributed by atoms with Crippen molar-refractivity contribution in [2.45, 2.75) is 19.0 Å². The molecule has 0 aliphatic carbocycles. The number of rotatable bonds is 5. The molecule has 0 aromatic heterocycles. The maximum Gasteiger partial charge on any atom is 0.452 e. The van der Waals surface area contributed by atoms with Gasteiger partial charge in [0, 0.05) is 5.88 Å². The van der Waals surface area contributed by atoms with Crippen molar-refractivity contribution < 1.29 is 22.6 Å². The van der Waals surface area contributed by atoms with Gasteiger partial charge in [-0.15, -0.1) is 11.6 Å². The lowest BCUT2D eigenvalue weighted by molar-refractivity contribution is -0.132. The second-order valence-electron chi connectivity index (χ2n) is 3.31. The van der Waals surface area contributed by atoms with Crippen molar-refractivity contribution in [1.82, 2.24) is 0 Å². The predicted molar refractivity (Wildman–Crippen MR) is 62.4 cm³/mol. The standard InChI is InChI=1S/C12H12ClF3O2/c1-2-17-11(12(14,15)16)8-18-10-5-3-9(7-13)4-6-10/h3-6,8H,2,7H2,1H3/b11-8-. The summed E-state index contributed by atoms with van der Waals surface area (Å²) < 4.78 is 46.7. The summed E-state index contributed by atoms with van der Waals surface area (Å²) in [6.07, 6.45) is -4.01. The molecule has 0 bridgehead atoms. The first-order chi connectivity index (χ1) is 8.47. The van der Waals surface area contributed by atoms with Gasteiger partial charge in [0.25, 0.3) is 0 Å². The molecule has 0 fully saturated rings. The molecule has 0 radical (unpaired) electrons. The molecular weight excluding hydrogens is 269 g/mol. The van der Waals surface area contributed by atoms with Crippen LogP contribution in [0.15, 0.2) is 36.3 Å². The molecule has 0 atom stereocenters. The van der Waals surface area contributed by atoms with Crippen molar-refractivity contribution >= 4 is 11.6 Å².